The predicted molar refractivity (Wildman–Crippen MR) is 68.6 cm³/mol. The largest absolute Gasteiger partial charge is 0.364 e. The summed E-state index contributed by atoms with van der Waals surface area (Å²) in [7, 11) is 0. The first kappa shape index (κ1) is 14.5. The van der Waals surface area contributed by atoms with Crippen molar-refractivity contribution in [2.45, 2.75) is 64.7 Å². The van der Waals surface area contributed by atoms with Crippen molar-refractivity contribution in [1.82, 2.24) is 5.32 Å². The Labute approximate surface area is 104 Å². The maximum Gasteiger partial charge on any atom is 0.249 e. The molecule has 4 heteroatoms. The molecule has 3 N–H and O–H groups in total. The second-order valence-corrected chi connectivity index (χ2v) is 4.93. The summed E-state index contributed by atoms with van der Waals surface area (Å²) in [6.07, 6.45) is 3.65. The molecular formula is C13H26N2O2. The fourth-order valence-corrected chi connectivity index (χ4v) is 2.50. The van der Waals surface area contributed by atoms with Crippen molar-refractivity contribution in [3.05, 3.63) is 0 Å². The van der Waals surface area contributed by atoms with Gasteiger partial charge in [-0.2, -0.15) is 0 Å². The molecule has 1 aliphatic heterocycles. The average molecular weight is 242 g/mol. The molecule has 1 fully saturated rings. The minimum absolute atomic E-state index is 0.0281. The Morgan fingerprint density at radius 1 is 1.41 bits per heavy atom. The summed E-state index contributed by atoms with van der Waals surface area (Å²) in [4.78, 5) is 12.0. The number of hydrogen-bond donors (Lipinski definition) is 2. The van der Waals surface area contributed by atoms with Crippen LogP contribution in [0.5, 0.6) is 0 Å². The van der Waals surface area contributed by atoms with Gasteiger partial charge in [-0.05, 0) is 25.7 Å². The summed E-state index contributed by atoms with van der Waals surface area (Å²) in [5.41, 5.74) is 5.53. The third-order valence-electron chi connectivity index (χ3n) is 3.79. The zero-order chi connectivity index (χ0) is 12.8. The summed E-state index contributed by atoms with van der Waals surface area (Å²) in [6.45, 7) is 6.90. The first-order valence-corrected chi connectivity index (χ1v) is 6.78. The molecule has 0 spiro atoms. The third-order valence-corrected chi connectivity index (χ3v) is 3.79. The molecule has 0 aromatic rings. The number of ether oxygens (including phenoxy) is 1. The molecule has 1 heterocycles. The SMILES string of the molecule is CCC(CC)C(C)NC(=O)C1CCC(CN)O1. The van der Waals surface area contributed by atoms with Crippen molar-refractivity contribution < 1.29 is 9.53 Å². The molecule has 1 saturated heterocycles. The van der Waals surface area contributed by atoms with E-state index in [2.05, 4.69) is 26.1 Å². The topological polar surface area (TPSA) is 64.4 Å². The van der Waals surface area contributed by atoms with Crippen LogP contribution < -0.4 is 11.1 Å². The van der Waals surface area contributed by atoms with Crippen molar-refractivity contribution in [1.29, 1.82) is 0 Å². The molecule has 0 aromatic carbocycles. The Bertz CT molecular complexity index is 242. The highest BCUT2D eigenvalue weighted by atomic mass is 16.5. The van der Waals surface area contributed by atoms with E-state index < -0.39 is 0 Å². The van der Waals surface area contributed by atoms with Crippen LogP contribution in [0.15, 0.2) is 0 Å². The van der Waals surface area contributed by atoms with Gasteiger partial charge in [0.15, 0.2) is 0 Å². The average Bonchev–Trinajstić information content (AvgIpc) is 2.79. The van der Waals surface area contributed by atoms with E-state index in [1.165, 1.54) is 0 Å². The Kier molecular flexibility index (Phi) is 5.92. The van der Waals surface area contributed by atoms with Gasteiger partial charge in [-0.3, -0.25) is 4.79 Å². The van der Waals surface area contributed by atoms with Gasteiger partial charge in [0.05, 0.1) is 6.10 Å². The lowest BCUT2D eigenvalue weighted by molar-refractivity contribution is -0.132. The maximum atomic E-state index is 12.0. The van der Waals surface area contributed by atoms with E-state index in [9.17, 15) is 4.79 Å². The Hall–Kier alpha value is -0.610. The fraction of sp³-hybridized carbons (Fsp3) is 0.923. The lowest BCUT2D eigenvalue weighted by Gasteiger charge is -2.24. The normalized spacial score (nSPS) is 26.2. The van der Waals surface area contributed by atoms with Gasteiger partial charge in [-0.15, -0.1) is 0 Å². The number of carbonyl (C=O) groups excluding carboxylic acids is 1. The molecule has 1 rings (SSSR count). The highest BCUT2D eigenvalue weighted by Gasteiger charge is 2.31. The number of nitrogens with two attached hydrogens (primary N) is 1. The number of amides is 1. The zero-order valence-electron chi connectivity index (χ0n) is 11.2. The third kappa shape index (κ3) is 3.96. The summed E-state index contributed by atoms with van der Waals surface area (Å²) in [5.74, 6) is 0.575. The standard InChI is InChI=1S/C13H26N2O2/c1-4-10(5-2)9(3)15-13(16)12-7-6-11(8-14)17-12/h9-12H,4-8,14H2,1-3H3,(H,15,16). The van der Waals surface area contributed by atoms with E-state index in [4.69, 9.17) is 10.5 Å². The molecule has 0 saturated carbocycles. The molecule has 1 aliphatic rings. The lowest BCUT2D eigenvalue weighted by Crippen LogP contribution is -2.43. The maximum absolute atomic E-state index is 12.0. The molecule has 0 aliphatic carbocycles. The van der Waals surface area contributed by atoms with E-state index in [-0.39, 0.29) is 24.2 Å². The molecule has 100 valence electrons. The van der Waals surface area contributed by atoms with Crippen LogP contribution in [-0.2, 0) is 9.53 Å². The molecule has 0 aromatic heterocycles. The number of hydrogen-bond acceptors (Lipinski definition) is 3. The van der Waals surface area contributed by atoms with Crippen molar-refractivity contribution in [2.75, 3.05) is 6.54 Å². The van der Waals surface area contributed by atoms with Gasteiger partial charge in [-0.1, -0.05) is 26.7 Å². The van der Waals surface area contributed by atoms with Crippen LogP contribution in [0.1, 0.15) is 46.5 Å². The van der Waals surface area contributed by atoms with E-state index in [1.54, 1.807) is 0 Å². The minimum Gasteiger partial charge on any atom is -0.364 e. The Balaban J connectivity index is 2.39. The Morgan fingerprint density at radius 3 is 2.53 bits per heavy atom. The number of carbonyl (C=O) groups is 1. The van der Waals surface area contributed by atoms with Crippen molar-refractivity contribution in [3.63, 3.8) is 0 Å². The molecule has 4 nitrogen and oxygen atoms in total. The van der Waals surface area contributed by atoms with Gasteiger partial charge in [0.2, 0.25) is 5.91 Å². The van der Waals surface area contributed by atoms with Crippen LogP contribution in [0.2, 0.25) is 0 Å². The van der Waals surface area contributed by atoms with E-state index in [0.717, 1.165) is 25.7 Å². The van der Waals surface area contributed by atoms with Gasteiger partial charge in [0.25, 0.3) is 0 Å². The van der Waals surface area contributed by atoms with Crippen LogP contribution in [-0.4, -0.2) is 30.7 Å². The second-order valence-electron chi connectivity index (χ2n) is 4.93. The molecule has 17 heavy (non-hydrogen) atoms. The monoisotopic (exact) mass is 242 g/mol. The smallest absolute Gasteiger partial charge is 0.249 e. The summed E-state index contributed by atoms with van der Waals surface area (Å²) in [5, 5.41) is 3.06. The summed E-state index contributed by atoms with van der Waals surface area (Å²) < 4.78 is 5.58. The van der Waals surface area contributed by atoms with E-state index in [0.29, 0.717) is 12.5 Å². The quantitative estimate of drug-likeness (QED) is 0.740. The predicted octanol–water partition coefficient (Wildman–Crippen LogP) is 1.43. The van der Waals surface area contributed by atoms with Gasteiger partial charge in [-0.25, -0.2) is 0 Å². The van der Waals surface area contributed by atoms with Crippen LogP contribution in [0.4, 0.5) is 0 Å². The first-order chi connectivity index (χ1) is 8.12. The molecular weight excluding hydrogens is 216 g/mol. The molecule has 3 atom stereocenters. The van der Waals surface area contributed by atoms with Gasteiger partial charge < -0.3 is 15.8 Å². The van der Waals surface area contributed by atoms with Crippen molar-refractivity contribution >= 4 is 5.91 Å². The highest BCUT2D eigenvalue weighted by Crippen LogP contribution is 2.20. The Morgan fingerprint density at radius 2 is 2.06 bits per heavy atom. The summed E-state index contributed by atoms with van der Waals surface area (Å²) in [6, 6.07) is 0.220. The van der Waals surface area contributed by atoms with Crippen LogP contribution in [0.25, 0.3) is 0 Å². The zero-order valence-corrected chi connectivity index (χ0v) is 11.2. The van der Waals surface area contributed by atoms with Gasteiger partial charge in [0, 0.05) is 12.6 Å². The van der Waals surface area contributed by atoms with E-state index >= 15 is 0 Å². The number of rotatable bonds is 6. The highest BCUT2D eigenvalue weighted by molar-refractivity contribution is 5.81. The molecule has 0 bridgehead atoms. The van der Waals surface area contributed by atoms with Crippen LogP contribution >= 0.6 is 0 Å². The fourth-order valence-electron chi connectivity index (χ4n) is 2.50. The van der Waals surface area contributed by atoms with E-state index in [1.807, 2.05) is 0 Å². The van der Waals surface area contributed by atoms with Crippen molar-refractivity contribution in [2.24, 2.45) is 11.7 Å². The molecule has 0 radical (unpaired) electrons. The van der Waals surface area contributed by atoms with Crippen LogP contribution in [0, 0.1) is 5.92 Å². The van der Waals surface area contributed by atoms with Gasteiger partial charge in [0.1, 0.15) is 6.10 Å². The summed E-state index contributed by atoms with van der Waals surface area (Å²) >= 11 is 0. The van der Waals surface area contributed by atoms with Gasteiger partial charge >= 0.3 is 0 Å². The second kappa shape index (κ2) is 6.97. The molecule has 1 amide bonds. The lowest BCUT2D eigenvalue weighted by atomic mass is 9.95. The van der Waals surface area contributed by atoms with Crippen LogP contribution in [0.3, 0.4) is 0 Å². The first-order valence-electron chi connectivity index (χ1n) is 6.78. The molecule has 3 unspecified atom stereocenters. The minimum atomic E-state index is -0.291. The number of nitrogens with one attached hydrogen (secondary N) is 1. The van der Waals surface area contributed by atoms with Crippen molar-refractivity contribution in [3.8, 4) is 0 Å².